The van der Waals surface area contributed by atoms with E-state index in [2.05, 4.69) is 39.3 Å². The summed E-state index contributed by atoms with van der Waals surface area (Å²) in [6.07, 6.45) is 2.53. The normalized spacial score (nSPS) is 22.1. The van der Waals surface area contributed by atoms with Gasteiger partial charge in [-0.25, -0.2) is 4.39 Å². The second-order valence-electron chi connectivity index (χ2n) is 8.65. The zero-order valence-electron chi connectivity index (χ0n) is 19.1. The van der Waals surface area contributed by atoms with E-state index >= 15 is 0 Å². The highest BCUT2D eigenvalue weighted by Crippen LogP contribution is 2.22. The van der Waals surface area contributed by atoms with E-state index in [4.69, 9.17) is 4.74 Å². The fraction of sp³-hybridized carbons (Fsp3) is 0.696. The molecule has 2 N–H and O–H groups in total. The monoisotopic (exact) mass is 547 g/mol. The summed E-state index contributed by atoms with van der Waals surface area (Å²) in [5.74, 6) is 1.27. The molecule has 0 amide bonds. The molecule has 0 radical (unpaired) electrons. The number of guanidine groups is 1. The summed E-state index contributed by atoms with van der Waals surface area (Å²) in [6.45, 7) is 11.8. The van der Waals surface area contributed by atoms with Gasteiger partial charge in [-0.05, 0) is 56.8 Å². The van der Waals surface area contributed by atoms with E-state index in [9.17, 15) is 4.39 Å². The van der Waals surface area contributed by atoms with Crippen molar-refractivity contribution in [2.75, 3.05) is 59.5 Å². The van der Waals surface area contributed by atoms with Gasteiger partial charge in [0.2, 0.25) is 0 Å². The Hall–Kier alpha value is -0.970. The number of halogens is 2. The van der Waals surface area contributed by atoms with Crippen LogP contribution in [-0.4, -0.2) is 81.3 Å². The van der Waals surface area contributed by atoms with Gasteiger partial charge in [0.05, 0.1) is 19.3 Å². The highest BCUT2D eigenvalue weighted by Gasteiger charge is 2.24. The first-order chi connectivity index (χ1) is 14.6. The first-order valence-electron chi connectivity index (χ1n) is 11.3. The van der Waals surface area contributed by atoms with Gasteiger partial charge in [-0.15, -0.1) is 24.0 Å². The summed E-state index contributed by atoms with van der Waals surface area (Å²) in [5, 5.41) is 7.03. The summed E-state index contributed by atoms with van der Waals surface area (Å²) in [4.78, 5) is 9.40. The van der Waals surface area contributed by atoms with Crippen LogP contribution in [-0.2, 0) is 4.74 Å². The summed E-state index contributed by atoms with van der Waals surface area (Å²) in [7, 11) is 1.82. The van der Waals surface area contributed by atoms with Crippen molar-refractivity contribution in [2.45, 2.75) is 38.8 Å². The molecule has 0 bridgehead atoms. The molecule has 1 aromatic rings. The molecule has 0 aromatic heterocycles. The average molecular weight is 548 g/mol. The first-order valence-corrected chi connectivity index (χ1v) is 11.3. The Morgan fingerprint density at radius 1 is 1.13 bits per heavy atom. The SMILES string of the molecule is CN=C(NCC1CCCN(C(C)C)C1)NCC(c1ccc(F)cc1)N1CCOCC1.I. The maximum atomic E-state index is 13.4. The molecule has 2 unspecified atom stereocenters. The number of nitrogens with one attached hydrogen (secondary N) is 2. The van der Waals surface area contributed by atoms with Crippen LogP contribution in [0.2, 0.25) is 0 Å². The third-order valence-electron chi connectivity index (χ3n) is 6.27. The summed E-state index contributed by atoms with van der Waals surface area (Å²) in [5.41, 5.74) is 1.11. The first kappa shape index (κ1) is 26.3. The second kappa shape index (κ2) is 13.5. The van der Waals surface area contributed by atoms with Gasteiger partial charge in [-0.3, -0.25) is 9.89 Å². The van der Waals surface area contributed by atoms with Crippen LogP contribution in [0.3, 0.4) is 0 Å². The van der Waals surface area contributed by atoms with E-state index in [1.54, 1.807) is 12.1 Å². The largest absolute Gasteiger partial charge is 0.379 e. The maximum absolute atomic E-state index is 13.4. The fourth-order valence-electron chi connectivity index (χ4n) is 4.42. The van der Waals surface area contributed by atoms with Crippen molar-refractivity contribution in [3.63, 3.8) is 0 Å². The molecule has 2 atom stereocenters. The van der Waals surface area contributed by atoms with Crippen molar-refractivity contribution in [3.8, 4) is 0 Å². The Balaban J connectivity index is 0.00000341. The molecule has 2 saturated heterocycles. The van der Waals surface area contributed by atoms with Crippen LogP contribution in [0.25, 0.3) is 0 Å². The molecule has 176 valence electrons. The van der Waals surface area contributed by atoms with E-state index < -0.39 is 0 Å². The van der Waals surface area contributed by atoms with Crippen molar-refractivity contribution in [3.05, 3.63) is 35.6 Å². The van der Waals surface area contributed by atoms with Crippen LogP contribution in [0.4, 0.5) is 4.39 Å². The Morgan fingerprint density at radius 3 is 2.48 bits per heavy atom. The number of rotatable bonds is 7. The minimum absolute atomic E-state index is 0. The molecule has 2 heterocycles. The third kappa shape index (κ3) is 8.14. The number of hydrogen-bond acceptors (Lipinski definition) is 4. The van der Waals surface area contributed by atoms with Crippen molar-refractivity contribution in [1.29, 1.82) is 0 Å². The van der Waals surface area contributed by atoms with Crippen molar-refractivity contribution < 1.29 is 9.13 Å². The topological polar surface area (TPSA) is 52.1 Å². The van der Waals surface area contributed by atoms with Gasteiger partial charge >= 0.3 is 0 Å². The molecule has 3 rings (SSSR count). The quantitative estimate of drug-likeness (QED) is 0.312. The lowest BCUT2D eigenvalue weighted by Crippen LogP contribution is -2.48. The van der Waals surface area contributed by atoms with Crippen molar-refractivity contribution >= 4 is 29.9 Å². The van der Waals surface area contributed by atoms with Crippen LogP contribution < -0.4 is 10.6 Å². The van der Waals surface area contributed by atoms with Crippen LogP contribution in [0.5, 0.6) is 0 Å². The van der Waals surface area contributed by atoms with Crippen LogP contribution in [0.1, 0.15) is 38.3 Å². The van der Waals surface area contributed by atoms with Gasteiger partial charge in [-0.1, -0.05) is 12.1 Å². The number of morpholine rings is 1. The predicted octanol–water partition coefficient (Wildman–Crippen LogP) is 3.10. The highest BCUT2D eigenvalue weighted by atomic mass is 127. The van der Waals surface area contributed by atoms with Gasteiger partial charge in [0.1, 0.15) is 5.82 Å². The van der Waals surface area contributed by atoms with Gasteiger partial charge in [0.15, 0.2) is 5.96 Å². The van der Waals surface area contributed by atoms with Crippen molar-refractivity contribution in [1.82, 2.24) is 20.4 Å². The summed E-state index contributed by atoms with van der Waals surface area (Å²) < 4.78 is 19.0. The molecule has 8 heteroatoms. The van der Waals surface area contributed by atoms with E-state index in [1.165, 1.54) is 19.4 Å². The smallest absolute Gasteiger partial charge is 0.191 e. The van der Waals surface area contributed by atoms with Crippen LogP contribution in [0.15, 0.2) is 29.3 Å². The minimum Gasteiger partial charge on any atom is -0.379 e. The maximum Gasteiger partial charge on any atom is 0.191 e. The molecule has 6 nitrogen and oxygen atoms in total. The van der Waals surface area contributed by atoms with E-state index in [1.807, 2.05) is 19.2 Å². The Kier molecular flexibility index (Phi) is 11.5. The van der Waals surface area contributed by atoms with Gasteiger partial charge in [0, 0.05) is 45.8 Å². The number of piperidine rings is 1. The Morgan fingerprint density at radius 2 is 1.84 bits per heavy atom. The Bertz CT molecular complexity index is 666. The molecule has 2 aliphatic rings. The zero-order chi connectivity index (χ0) is 21.3. The molecule has 2 aliphatic heterocycles. The molecular formula is C23H39FIN5O. The van der Waals surface area contributed by atoms with E-state index in [0.29, 0.717) is 18.5 Å². The molecule has 31 heavy (non-hydrogen) atoms. The standard InChI is InChI=1S/C23H38FN5O.HI/c1-18(2)29-10-4-5-19(17-29)15-26-23(25-3)27-16-22(28-11-13-30-14-12-28)20-6-8-21(24)9-7-20;/h6-9,18-19,22H,4-5,10-17H2,1-3H3,(H2,25,26,27);1H. The molecule has 0 aliphatic carbocycles. The van der Waals surface area contributed by atoms with Crippen LogP contribution in [0, 0.1) is 11.7 Å². The average Bonchev–Trinajstić information content (AvgIpc) is 2.78. The van der Waals surface area contributed by atoms with E-state index in [-0.39, 0.29) is 35.8 Å². The third-order valence-corrected chi connectivity index (χ3v) is 6.27. The number of ether oxygens (including phenoxy) is 1. The number of aliphatic imine (C=N–C) groups is 1. The number of hydrogen-bond donors (Lipinski definition) is 2. The minimum atomic E-state index is -0.201. The number of nitrogens with zero attached hydrogens (tertiary/aromatic N) is 3. The lowest BCUT2D eigenvalue weighted by Gasteiger charge is -2.36. The molecule has 0 spiro atoms. The molecule has 0 saturated carbocycles. The fourth-order valence-corrected chi connectivity index (χ4v) is 4.42. The number of benzene rings is 1. The predicted molar refractivity (Wildman–Crippen MR) is 136 cm³/mol. The van der Waals surface area contributed by atoms with Crippen molar-refractivity contribution in [2.24, 2.45) is 10.9 Å². The number of likely N-dealkylation sites (tertiary alicyclic amines) is 1. The molecular weight excluding hydrogens is 508 g/mol. The summed E-state index contributed by atoms with van der Waals surface area (Å²) >= 11 is 0. The Labute approximate surface area is 204 Å². The van der Waals surface area contributed by atoms with Gasteiger partial charge in [-0.2, -0.15) is 0 Å². The van der Waals surface area contributed by atoms with Gasteiger partial charge < -0.3 is 20.3 Å². The van der Waals surface area contributed by atoms with Gasteiger partial charge in [0.25, 0.3) is 0 Å². The molecule has 1 aromatic carbocycles. The van der Waals surface area contributed by atoms with E-state index in [0.717, 1.165) is 50.9 Å². The lowest BCUT2D eigenvalue weighted by atomic mass is 9.97. The lowest BCUT2D eigenvalue weighted by molar-refractivity contribution is 0.0170. The summed E-state index contributed by atoms with van der Waals surface area (Å²) in [6, 6.07) is 7.61. The molecule has 2 fully saturated rings. The highest BCUT2D eigenvalue weighted by molar-refractivity contribution is 14.0. The second-order valence-corrected chi connectivity index (χ2v) is 8.65. The zero-order valence-corrected chi connectivity index (χ0v) is 21.5. The van der Waals surface area contributed by atoms with Crippen LogP contribution >= 0.6 is 24.0 Å².